The summed E-state index contributed by atoms with van der Waals surface area (Å²) in [7, 11) is 0. The predicted octanol–water partition coefficient (Wildman–Crippen LogP) is 0.467. The highest BCUT2D eigenvalue weighted by atomic mass is 16.4. The Morgan fingerprint density at radius 2 is 0.955 bits per heavy atom. The Morgan fingerprint density at radius 1 is 0.636 bits per heavy atom. The summed E-state index contributed by atoms with van der Waals surface area (Å²) in [4.78, 5) is 54.5. The summed E-state index contributed by atoms with van der Waals surface area (Å²) in [6.45, 7) is 0. The summed E-state index contributed by atoms with van der Waals surface area (Å²) in [6, 6.07) is 0. The number of Topliss-reactive ketones (excluding diaryl/α,β-unsaturated/α-hetero) is 1. The predicted molar refractivity (Wildman–Crippen MR) is 70.2 cm³/mol. The average molecular weight is 318 g/mol. The number of hydrogen-bond acceptors (Lipinski definition) is 5. The molecule has 0 unspecified atom stereocenters. The molecule has 0 rings (SSSR count). The smallest absolute Gasteiger partial charge is 0.306 e. The van der Waals surface area contributed by atoms with Crippen LogP contribution >= 0.6 is 0 Å². The Kier molecular flexibility index (Phi) is 8.42. The van der Waals surface area contributed by atoms with Crippen LogP contribution in [0, 0.1) is 11.8 Å². The first kappa shape index (κ1) is 19.6. The van der Waals surface area contributed by atoms with Gasteiger partial charge in [0.25, 0.3) is 0 Å². The first-order valence-corrected chi connectivity index (χ1v) is 6.54. The van der Waals surface area contributed by atoms with Gasteiger partial charge in [-0.3, -0.25) is 24.0 Å². The Bertz CT molecular complexity index is 414. The summed E-state index contributed by atoms with van der Waals surface area (Å²) in [5.74, 6) is -8.07. The van der Waals surface area contributed by atoms with Crippen LogP contribution in [-0.2, 0) is 24.0 Å². The maximum atomic E-state index is 11.7. The molecule has 0 saturated carbocycles. The van der Waals surface area contributed by atoms with Crippen LogP contribution in [-0.4, -0.2) is 50.1 Å². The van der Waals surface area contributed by atoms with Crippen molar-refractivity contribution in [3.63, 3.8) is 0 Å². The van der Waals surface area contributed by atoms with Crippen LogP contribution in [0.25, 0.3) is 0 Å². The molecule has 9 heteroatoms. The highest BCUT2D eigenvalue weighted by Gasteiger charge is 2.26. The minimum atomic E-state index is -1.33. The molecule has 0 aliphatic carbocycles. The number of carbonyl (C=O) groups excluding carboxylic acids is 1. The van der Waals surface area contributed by atoms with Crippen molar-refractivity contribution in [2.45, 2.75) is 38.5 Å². The number of ketones is 1. The van der Waals surface area contributed by atoms with E-state index in [9.17, 15) is 24.0 Å². The van der Waals surface area contributed by atoms with E-state index in [2.05, 4.69) is 0 Å². The third-order valence-corrected chi connectivity index (χ3v) is 3.06. The lowest BCUT2D eigenvalue weighted by molar-refractivity contribution is -0.146. The van der Waals surface area contributed by atoms with Crippen LogP contribution in [0.5, 0.6) is 0 Å². The molecule has 0 fully saturated rings. The number of carboxylic acid groups (broad SMARTS) is 4. The lowest BCUT2D eigenvalue weighted by Crippen LogP contribution is -2.23. The van der Waals surface area contributed by atoms with E-state index in [0.717, 1.165) is 0 Å². The van der Waals surface area contributed by atoms with Gasteiger partial charge in [0.05, 0.1) is 11.8 Å². The molecule has 9 nitrogen and oxygen atoms in total. The van der Waals surface area contributed by atoms with Crippen LogP contribution in [0.2, 0.25) is 0 Å². The molecule has 0 aliphatic heterocycles. The van der Waals surface area contributed by atoms with E-state index in [0.29, 0.717) is 0 Å². The number of hydrogen-bond donors (Lipinski definition) is 4. The van der Waals surface area contributed by atoms with Crippen LogP contribution in [0.15, 0.2) is 0 Å². The average Bonchev–Trinajstić information content (AvgIpc) is 2.38. The van der Waals surface area contributed by atoms with Gasteiger partial charge in [-0.05, 0) is 12.8 Å². The van der Waals surface area contributed by atoms with Gasteiger partial charge in [0, 0.05) is 25.7 Å². The van der Waals surface area contributed by atoms with Crippen LogP contribution in [0.1, 0.15) is 38.5 Å². The van der Waals surface area contributed by atoms with Gasteiger partial charge in [0.1, 0.15) is 5.78 Å². The summed E-state index contributed by atoms with van der Waals surface area (Å²) in [5, 5.41) is 34.8. The third kappa shape index (κ3) is 8.67. The van der Waals surface area contributed by atoms with Gasteiger partial charge >= 0.3 is 23.9 Å². The second-order valence-corrected chi connectivity index (χ2v) is 4.88. The number of aliphatic carboxylic acids is 4. The molecular weight excluding hydrogens is 300 g/mol. The molecule has 0 aromatic carbocycles. The fourth-order valence-electron chi connectivity index (χ4n) is 1.85. The Balaban J connectivity index is 4.57. The van der Waals surface area contributed by atoms with Crippen molar-refractivity contribution in [3.05, 3.63) is 0 Å². The molecule has 2 atom stereocenters. The summed E-state index contributed by atoms with van der Waals surface area (Å²) >= 11 is 0. The van der Waals surface area contributed by atoms with Crippen molar-refractivity contribution in [3.8, 4) is 0 Å². The molecule has 4 N–H and O–H groups in total. The lowest BCUT2D eigenvalue weighted by atomic mass is 9.90. The van der Waals surface area contributed by atoms with E-state index >= 15 is 0 Å². The minimum Gasteiger partial charge on any atom is -0.481 e. The molecule has 0 saturated heterocycles. The van der Waals surface area contributed by atoms with Crippen LogP contribution in [0.3, 0.4) is 0 Å². The van der Waals surface area contributed by atoms with Gasteiger partial charge < -0.3 is 20.4 Å². The fourth-order valence-corrected chi connectivity index (χ4v) is 1.85. The Hall–Kier alpha value is -2.45. The summed E-state index contributed by atoms with van der Waals surface area (Å²) in [5.41, 5.74) is 0. The van der Waals surface area contributed by atoms with Gasteiger partial charge in [-0.1, -0.05) is 0 Å². The van der Waals surface area contributed by atoms with Gasteiger partial charge in [-0.25, -0.2) is 0 Å². The fraction of sp³-hybridized carbons (Fsp3) is 0.615. The molecule has 22 heavy (non-hydrogen) atoms. The van der Waals surface area contributed by atoms with E-state index in [1.165, 1.54) is 0 Å². The van der Waals surface area contributed by atoms with Gasteiger partial charge in [-0.15, -0.1) is 0 Å². The largest absolute Gasteiger partial charge is 0.481 e. The van der Waals surface area contributed by atoms with Gasteiger partial charge in [0.15, 0.2) is 0 Å². The minimum absolute atomic E-state index is 0.233. The van der Waals surface area contributed by atoms with Gasteiger partial charge in [0.2, 0.25) is 0 Å². The van der Waals surface area contributed by atoms with Crippen molar-refractivity contribution < 1.29 is 44.4 Å². The zero-order chi connectivity index (χ0) is 17.3. The van der Waals surface area contributed by atoms with Crippen molar-refractivity contribution >= 4 is 29.7 Å². The highest BCUT2D eigenvalue weighted by Crippen LogP contribution is 2.18. The van der Waals surface area contributed by atoms with E-state index in [1.54, 1.807) is 0 Å². The molecule has 0 bridgehead atoms. The summed E-state index contributed by atoms with van der Waals surface area (Å²) in [6.07, 6.45) is -2.23. The van der Waals surface area contributed by atoms with Crippen LogP contribution in [0.4, 0.5) is 0 Å². The summed E-state index contributed by atoms with van der Waals surface area (Å²) < 4.78 is 0. The van der Waals surface area contributed by atoms with E-state index in [1.807, 2.05) is 0 Å². The topological polar surface area (TPSA) is 166 Å². The molecule has 0 radical (unpaired) electrons. The zero-order valence-electron chi connectivity index (χ0n) is 11.7. The van der Waals surface area contributed by atoms with Crippen LogP contribution < -0.4 is 0 Å². The molecule has 124 valence electrons. The zero-order valence-corrected chi connectivity index (χ0v) is 11.7. The highest BCUT2D eigenvalue weighted by molar-refractivity contribution is 5.87. The second-order valence-electron chi connectivity index (χ2n) is 4.88. The molecule has 0 aromatic rings. The third-order valence-electron chi connectivity index (χ3n) is 3.06. The molecule has 0 aliphatic rings. The van der Waals surface area contributed by atoms with E-state index in [-0.39, 0.29) is 12.8 Å². The Labute approximate surface area is 125 Å². The van der Waals surface area contributed by atoms with Crippen molar-refractivity contribution in [1.82, 2.24) is 0 Å². The second kappa shape index (κ2) is 9.48. The molecular formula is C13H18O9. The number of carboxylic acids is 4. The van der Waals surface area contributed by atoms with Crippen molar-refractivity contribution in [2.75, 3.05) is 0 Å². The maximum Gasteiger partial charge on any atom is 0.306 e. The molecule has 0 aromatic heterocycles. The maximum absolute atomic E-state index is 11.7. The first-order valence-electron chi connectivity index (χ1n) is 6.54. The van der Waals surface area contributed by atoms with Crippen molar-refractivity contribution in [1.29, 1.82) is 0 Å². The van der Waals surface area contributed by atoms with Crippen molar-refractivity contribution in [2.24, 2.45) is 11.8 Å². The first-order chi connectivity index (χ1) is 10.1. The lowest BCUT2D eigenvalue weighted by Gasteiger charge is -2.13. The number of carbonyl (C=O) groups is 5. The van der Waals surface area contributed by atoms with E-state index in [4.69, 9.17) is 20.4 Å². The molecule has 0 spiro atoms. The molecule has 0 amide bonds. The molecule has 0 heterocycles. The number of rotatable bonds is 12. The quantitative estimate of drug-likeness (QED) is 0.399. The monoisotopic (exact) mass is 318 g/mol. The Morgan fingerprint density at radius 3 is 1.18 bits per heavy atom. The standard InChI is InChI=1S/C13H18O9/c14-9(5-7(12(19)20)1-3-10(15)16)6-8(13(21)22)2-4-11(17)18/h7-8H,1-6H2,(H,15,16)(H,17,18)(H,19,20)(H,21,22)/t7-,8-/m1/s1. The van der Waals surface area contributed by atoms with Gasteiger partial charge in [-0.2, -0.15) is 0 Å². The SMILES string of the molecule is O=C(O)CC[C@H](CC(=O)C[C@@H](CCC(=O)O)C(=O)O)C(=O)O. The van der Waals surface area contributed by atoms with E-state index < -0.39 is 67.2 Å². The normalized spacial score (nSPS) is 13.1.